The molecule has 2 heterocycles. The van der Waals surface area contributed by atoms with E-state index in [0.29, 0.717) is 19.8 Å². The number of rotatable bonds is 11. The van der Waals surface area contributed by atoms with Gasteiger partial charge in [0.2, 0.25) is 0 Å². The minimum absolute atomic E-state index is 0.253. The number of carbonyl (C=O) groups excluding carboxylic acids is 1. The first-order chi connectivity index (χ1) is 17.7. The lowest BCUT2D eigenvalue weighted by molar-refractivity contribution is -0.0975. The van der Waals surface area contributed by atoms with Crippen molar-refractivity contribution in [2.75, 3.05) is 13.2 Å². The minimum atomic E-state index is -0.694. The van der Waals surface area contributed by atoms with Crippen molar-refractivity contribution in [3.8, 4) is 0 Å². The van der Waals surface area contributed by atoms with Crippen LogP contribution in [-0.2, 0) is 38.8 Å². The summed E-state index contributed by atoms with van der Waals surface area (Å²) in [4.78, 5) is 14.6. The van der Waals surface area contributed by atoms with Crippen LogP contribution < -0.4 is 0 Å². The Morgan fingerprint density at radius 3 is 1.75 bits per heavy atom. The van der Waals surface area contributed by atoms with Gasteiger partial charge in [-0.15, -0.1) is 0 Å². The Hall–Kier alpha value is -3.23. The van der Waals surface area contributed by atoms with E-state index in [0.717, 1.165) is 16.7 Å². The van der Waals surface area contributed by atoms with Crippen LogP contribution in [0.15, 0.2) is 91.0 Å². The SMILES string of the molecule is O=C1O[C@@H](CO)[C@H]2[C@H](OCc3ccccc3)[C@@H](OCc3ccccc3)[C@H](COCc3ccccc3)N12. The minimum Gasteiger partial charge on any atom is -0.441 e. The lowest BCUT2D eigenvalue weighted by Gasteiger charge is -2.28. The lowest BCUT2D eigenvalue weighted by Crippen LogP contribution is -2.43. The summed E-state index contributed by atoms with van der Waals surface area (Å²) in [5, 5.41) is 10.0. The lowest BCUT2D eigenvalue weighted by atomic mass is 10.0. The maximum Gasteiger partial charge on any atom is 0.411 e. The standard InChI is InChI=1S/C29H31NO6/c31-16-25-26-28(35-19-23-14-8-3-9-15-23)27(34-18-22-12-6-2-7-13-22)24(30(26)29(32)36-25)20-33-17-21-10-4-1-5-11-21/h1-15,24-28,31H,16-20H2/t24-,25-,26-,27-,28-/m0/s1. The van der Waals surface area contributed by atoms with Gasteiger partial charge in [0, 0.05) is 0 Å². The van der Waals surface area contributed by atoms with Crippen LogP contribution >= 0.6 is 0 Å². The molecule has 2 saturated heterocycles. The number of nitrogens with zero attached hydrogens (tertiary/aromatic N) is 1. The number of hydrogen-bond acceptors (Lipinski definition) is 6. The maximum atomic E-state index is 12.9. The normalized spacial score (nSPS) is 25.1. The molecule has 188 valence electrons. The second-order valence-electron chi connectivity index (χ2n) is 9.09. The van der Waals surface area contributed by atoms with E-state index >= 15 is 0 Å². The molecule has 3 aromatic carbocycles. The largest absolute Gasteiger partial charge is 0.441 e. The van der Waals surface area contributed by atoms with Crippen LogP contribution in [-0.4, -0.2) is 59.7 Å². The van der Waals surface area contributed by atoms with Crippen LogP contribution in [0.25, 0.3) is 0 Å². The fraction of sp³-hybridized carbons (Fsp3) is 0.345. The Balaban J connectivity index is 1.38. The monoisotopic (exact) mass is 489 g/mol. The highest BCUT2D eigenvalue weighted by molar-refractivity contribution is 5.72. The Morgan fingerprint density at radius 1 is 0.722 bits per heavy atom. The van der Waals surface area contributed by atoms with Crippen molar-refractivity contribution in [3.63, 3.8) is 0 Å². The number of carbonyl (C=O) groups is 1. The predicted molar refractivity (Wildman–Crippen MR) is 133 cm³/mol. The number of cyclic esters (lactones) is 1. The van der Waals surface area contributed by atoms with Gasteiger partial charge in [0.15, 0.2) is 0 Å². The van der Waals surface area contributed by atoms with Crippen LogP contribution in [0.1, 0.15) is 16.7 Å². The fourth-order valence-corrected chi connectivity index (χ4v) is 4.98. The van der Waals surface area contributed by atoms with E-state index in [2.05, 4.69) is 0 Å². The van der Waals surface area contributed by atoms with Gasteiger partial charge < -0.3 is 24.1 Å². The summed E-state index contributed by atoms with van der Waals surface area (Å²) < 4.78 is 24.4. The number of hydrogen-bond donors (Lipinski definition) is 1. The second-order valence-corrected chi connectivity index (χ2v) is 9.09. The highest BCUT2D eigenvalue weighted by Crippen LogP contribution is 2.38. The van der Waals surface area contributed by atoms with Crippen molar-refractivity contribution in [3.05, 3.63) is 108 Å². The molecule has 7 nitrogen and oxygen atoms in total. The van der Waals surface area contributed by atoms with E-state index in [1.807, 2.05) is 91.0 Å². The highest BCUT2D eigenvalue weighted by Gasteiger charge is 2.60. The molecular formula is C29H31NO6. The average Bonchev–Trinajstić information content (AvgIpc) is 3.42. The summed E-state index contributed by atoms with van der Waals surface area (Å²) in [5.41, 5.74) is 3.08. The molecule has 0 aliphatic carbocycles. The third-order valence-electron chi connectivity index (χ3n) is 6.71. The number of aliphatic hydroxyl groups is 1. The Morgan fingerprint density at radius 2 is 1.22 bits per heavy atom. The second kappa shape index (κ2) is 11.7. The predicted octanol–water partition coefficient (Wildman–Crippen LogP) is 3.94. The number of amides is 1. The van der Waals surface area contributed by atoms with E-state index in [9.17, 15) is 9.90 Å². The van der Waals surface area contributed by atoms with Crippen LogP contribution in [0.5, 0.6) is 0 Å². The maximum absolute atomic E-state index is 12.9. The molecular weight excluding hydrogens is 458 g/mol. The van der Waals surface area contributed by atoms with E-state index in [1.165, 1.54) is 0 Å². The quantitative estimate of drug-likeness (QED) is 0.440. The van der Waals surface area contributed by atoms with Gasteiger partial charge in [-0.25, -0.2) is 4.79 Å². The van der Waals surface area contributed by atoms with Gasteiger partial charge in [0.05, 0.1) is 39.1 Å². The number of fused-ring (bicyclic) bond motifs is 1. The van der Waals surface area contributed by atoms with E-state index in [1.54, 1.807) is 4.90 Å². The van der Waals surface area contributed by atoms with Gasteiger partial charge in [-0.1, -0.05) is 91.0 Å². The molecule has 3 aromatic rings. The van der Waals surface area contributed by atoms with Crippen molar-refractivity contribution in [1.29, 1.82) is 0 Å². The average molecular weight is 490 g/mol. The zero-order chi connectivity index (χ0) is 24.7. The van der Waals surface area contributed by atoms with Crippen molar-refractivity contribution >= 4 is 6.09 Å². The van der Waals surface area contributed by atoms with Gasteiger partial charge in [-0.3, -0.25) is 4.90 Å². The van der Waals surface area contributed by atoms with E-state index in [4.69, 9.17) is 18.9 Å². The van der Waals surface area contributed by atoms with Gasteiger partial charge in [-0.2, -0.15) is 0 Å². The summed E-state index contributed by atoms with van der Waals surface area (Å²) in [6.07, 6.45) is -2.13. The summed E-state index contributed by atoms with van der Waals surface area (Å²) in [6, 6.07) is 28.8. The van der Waals surface area contributed by atoms with Crippen LogP contribution in [0.2, 0.25) is 0 Å². The Kier molecular flexibility index (Phi) is 7.93. The van der Waals surface area contributed by atoms with E-state index < -0.39 is 36.5 Å². The molecule has 1 N–H and O–H groups in total. The molecule has 0 spiro atoms. The highest BCUT2D eigenvalue weighted by atomic mass is 16.6. The molecule has 5 atom stereocenters. The molecule has 2 fully saturated rings. The molecule has 1 amide bonds. The summed E-state index contributed by atoms with van der Waals surface area (Å²) >= 11 is 0. The van der Waals surface area contributed by atoms with Crippen LogP contribution in [0.3, 0.4) is 0 Å². The molecule has 36 heavy (non-hydrogen) atoms. The molecule has 2 aliphatic heterocycles. The third-order valence-corrected chi connectivity index (χ3v) is 6.71. The third kappa shape index (κ3) is 5.44. The first kappa shape index (κ1) is 24.5. The first-order valence-corrected chi connectivity index (χ1v) is 12.3. The molecule has 0 unspecified atom stereocenters. The number of benzene rings is 3. The Labute approximate surface area is 211 Å². The van der Waals surface area contributed by atoms with Crippen molar-refractivity contribution in [2.24, 2.45) is 0 Å². The van der Waals surface area contributed by atoms with Gasteiger partial charge >= 0.3 is 6.09 Å². The van der Waals surface area contributed by atoms with E-state index in [-0.39, 0.29) is 13.2 Å². The van der Waals surface area contributed by atoms with Gasteiger partial charge in [-0.05, 0) is 16.7 Å². The topological polar surface area (TPSA) is 77.5 Å². The molecule has 0 saturated carbocycles. The van der Waals surface area contributed by atoms with Crippen molar-refractivity contribution < 1.29 is 28.8 Å². The zero-order valence-electron chi connectivity index (χ0n) is 20.0. The summed E-state index contributed by atoms with van der Waals surface area (Å²) in [5.74, 6) is 0. The van der Waals surface area contributed by atoms with Crippen molar-refractivity contribution in [1.82, 2.24) is 4.90 Å². The van der Waals surface area contributed by atoms with Gasteiger partial charge in [0.25, 0.3) is 0 Å². The molecule has 2 aliphatic rings. The molecule has 5 rings (SSSR count). The number of ether oxygens (including phenoxy) is 4. The van der Waals surface area contributed by atoms with Gasteiger partial charge in [0.1, 0.15) is 24.4 Å². The summed E-state index contributed by atoms with van der Waals surface area (Å²) in [6.45, 7) is 1.09. The summed E-state index contributed by atoms with van der Waals surface area (Å²) in [7, 11) is 0. The smallest absolute Gasteiger partial charge is 0.411 e. The van der Waals surface area contributed by atoms with Crippen LogP contribution in [0, 0.1) is 0 Å². The van der Waals surface area contributed by atoms with Crippen molar-refractivity contribution in [2.45, 2.75) is 50.2 Å². The fourth-order valence-electron chi connectivity index (χ4n) is 4.98. The first-order valence-electron chi connectivity index (χ1n) is 12.3. The number of aliphatic hydroxyl groups excluding tert-OH is 1. The van der Waals surface area contributed by atoms with Crippen LogP contribution in [0.4, 0.5) is 4.79 Å². The molecule has 0 bridgehead atoms. The molecule has 0 aromatic heterocycles. The zero-order valence-corrected chi connectivity index (χ0v) is 20.0. The molecule has 7 heteroatoms. The Bertz CT molecular complexity index is 1100. The molecule has 0 radical (unpaired) electrons.